The summed E-state index contributed by atoms with van der Waals surface area (Å²) in [5, 5.41) is 13.4. The molecule has 2 atom stereocenters. The van der Waals surface area contributed by atoms with Gasteiger partial charge in [0.2, 0.25) is 0 Å². The van der Waals surface area contributed by atoms with Crippen molar-refractivity contribution in [1.29, 1.82) is 0 Å². The van der Waals surface area contributed by atoms with Crippen LogP contribution in [0, 0.1) is 21.8 Å². The number of nitro groups is 1. The van der Waals surface area contributed by atoms with E-state index in [1.165, 1.54) is 35.4 Å². The van der Waals surface area contributed by atoms with Crippen LogP contribution in [0.2, 0.25) is 0 Å². The van der Waals surface area contributed by atoms with Gasteiger partial charge in [-0.1, -0.05) is 12.1 Å². The molecule has 0 bridgehead atoms. The van der Waals surface area contributed by atoms with E-state index in [2.05, 4.69) is 15.3 Å². The van der Waals surface area contributed by atoms with Gasteiger partial charge in [0.15, 0.2) is 5.17 Å². The van der Waals surface area contributed by atoms with E-state index in [1.54, 1.807) is 0 Å². The van der Waals surface area contributed by atoms with Gasteiger partial charge >= 0.3 is 11.1 Å². The monoisotopic (exact) mass is 361 g/mol. The molecule has 0 fully saturated rings. The Kier molecular flexibility index (Phi) is 3.39. The van der Waals surface area contributed by atoms with Crippen LogP contribution in [0.3, 0.4) is 0 Å². The summed E-state index contributed by atoms with van der Waals surface area (Å²) in [6, 6.07) is 3.84. The summed E-state index contributed by atoms with van der Waals surface area (Å²) >= 11 is 0.717. The number of nitrogens with zero attached hydrogens (tertiary/aromatic N) is 4. The summed E-state index contributed by atoms with van der Waals surface area (Å²) in [7, 11) is 0. The van der Waals surface area contributed by atoms with Gasteiger partial charge in [-0.05, 0) is 17.7 Å². The SMILES string of the molecule is O=C1N=C2C(C(=O)N=C3SC([N+](=O)[O-])=CN32)C(c2ccc(F)cc2)N1. The summed E-state index contributed by atoms with van der Waals surface area (Å²) in [5.41, 5.74) is 0.504. The van der Waals surface area contributed by atoms with Crippen molar-refractivity contribution in [2.75, 3.05) is 0 Å². The van der Waals surface area contributed by atoms with Crippen molar-refractivity contribution in [3.63, 3.8) is 0 Å². The van der Waals surface area contributed by atoms with Crippen LogP contribution < -0.4 is 5.32 Å². The molecular weight excluding hydrogens is 353 g/mol. The Morgan fingerprint density at radius 3 is 2.64 bits per heavy atom. The van der Waals surface area contributed by atoms with Crippen LogP contribution in [0.5, 0.6) is 0 Å². The number of benzene rings is 1. The molecule has 126 valence electrons. The van der Waals surface area contributed by atoms with E-state index in [-0.39, 0.29) is 16.0 Å². The van der Waals surface area contributed by atoms with E-state index in [4.69, 9.17) is 0 Å². The van der Waals surface area contributed by atoms with Gasteiger partial charge in [-0.15, -0.1) is 0 Å². The number of urea groups is 1. The van der Waals surface area contributed by atoms with Gasteiger partial charge in [-0.25, -0.2) is 9.18 Å². The summed E-state index contributed by atoms with van der Waals surface area (Å²) in [4.78, 5) is 43.8. The van der Waals surface area contributed by atoms with Crippen molar-refractivity contribution >= 4 is 34.7 Å². The number of thioether (sulfide) groups is 1. The van der Waals surface area contributed by atoms with E-state index in [1.807, 2.05) is 0 Å². The maximum atomic E-state index is 13.2. The van der Waals surface area contributed by atoms with Gasteiger partial charge < -0.3 is 5.32 Å². The first-order valence-electron chi connectivity index (χ1n) is 7.04. The number of carbonyl (C=O) groups is 2. The number of aliphatic imine (C=N–C) groups is 2. The molecule has 3 aliphatic rings. The number of halogens is 1. The highest BCUT2D eigenvalue weighted by Crippen LogP contribution is 2.38. The van der Waals surface area contributed by atoms with Crippen LogP contribution in [0.15, 0.2) is 45.5 Å². The maximum Gasteiger partial charge on any atom is 0.343 e. The fraction of sp³-hybridized carbons (Fsp3) is 0.143. The van der Waals surface area contributed by atoms with E-state index >= 15 is 0 Å². The summed E-state index contributed by atoms with van der Waals surface area (Å²) in [6.45, 7) is 0. The Bertz CT molecular complexity index is 910. The van der Waals surface area contributed by atoms with Gasteiger partial charge in [0.25, 0.3) is 5.91 Å². The molecule has 9 nitrogen and oxygen atoms in total. The Labute approximate surface area is 143 Å². The Balaban J connectivity index is 1.79. The third-order valence-electron chi connectivity index (χ3n) is 3.88. The quantitative estimate of drug-likeness (QED) is 0.632. The molecule has 1 N–H and O–H groups in total. The van der Waals surface area contributed by atoms with Crippen LogP contribution in [0.25, 0.3) is 0 Å². The van der Waals surface area contributed by atoms with Crippen molar-refractivity contribution < 1.29 is 18.9 Å². The predicted molar refractivity (Wildman–Crippen MR) is 85.5 cm³/mol. The molecule has 3 amide bonds. The average Bonchev–Trinajstić information content (AvgIpc) is 2.99. The van der Waals surface area contributed by atoms with E-state index in [9.17, 15) is 24.1 Å². The van der Waals surface area contributed by atoms with Crippen molar-refractivity contribution in [2.45, 2.75) is 6.04 Å². The minimum absolute atomic E-state index is 0.0671. The lowest BCUT2D eigenvalue weighted by Crippen LogP contribution is -2.52. The van der Waals surface area contributed by atoms with Crippen LogP contribution in [0.4, 0.5) is 9.18 Å². The lowest BCUT2D eigenvalue weighted by Gasteiger charge is -2.35. The molecule has 11 heteroatoms. The number of amidine groups is 2. The molecular formula is C14H8FN5O4S. The van der Waals surface area contributed by atoms with Crippen molar-refractivity contribution in [3.8, 4) is 0 Å². The normalized spacial score (nSPS) is 24.7. The molecule has 3 heterocycles. The van der Waals surface area contributed by atoms with Crippen LogP contribution >= 0.6 is 11.8 Å². The molecule has 0 aromatic heterocycles. The van der Waals surface area contributed by atoms with Gasteiger partial charge in [-0.3, -0.25) is 19.8 Å². The van der Waals surface area contributed by atoms with Gasteiger partial charge in [0, 0.05) is 11.8 Å². The number of rotatable bonds is 2. The first kappa shape index (κ1) is 15.4. The fourth-order valence-electron chi connectivity index (χ4n) is 2.80. The highest BCUT2D eigenvalue weighted by atomic mass is 32.2. The number of carbonyl (C=O) groups excluding carboxylic acids is 2. The maximum absolute atomic E-state index is 13.2. The molecule has 0 radical (unpaired) electrons. The Morgan fingerprint density at radius 1 is 1.24 bits per heavy atom. The highest BCUT2D eigenvalue weighted by Gasteiger charge is 2.48. The summed E-state index contributed by atoms with van der Waals surface area (Å²) in [6.07, 6.45) is 1.18. The number of nitrogens with one attached hydrogen (secondary N) is 1. The van der Waals surface area contributed by atoms with Gasteiger partial charge in [0.1, 0.15) is 17.6 Å². The van der Waals surface area contributed by atoms with Crippen LogP contribution in [0.1, 0.15) is 11.6 Å². The molecule has 1 aromatic carbocycles. The second-order valence-electron chi connectivity index (χ2n) is 5.36. The second kappa shape index (κ2) is 5.48. The van der Waals surface area contributed by atoms with E-state index in [0.717, 1.165) is 11.8 Å². The number of amides is 3. The lowest BCUT2D eigenvalue weighted by molar-refractivity contribution is -0.410. The summed E-state index contributed by atoms with van der Waals surface area (Å²) < 4.78 is 13.2. The zero-order valence-electron chi connectivity index (χ0n) is 12.2. The molecule has 0 saturated carbocycles. The van der Waals surface area contributed by atoms with Crippen molar-refractivity contribution in [1.82, 2.24) is 10.2 Å². The first-order valence-corrected chi connectivity index (χ1v) is 7.86. The zero-order chi connectivity index (χ0) is 17.7. The Hall–Kier alpha value is -3.08. The molecule has 2 unspecified atom stereocenters. The molecule has 4 rings (SSSR count). The third kappa shape index (κ3) is 2.48. The van der Waals surface area contributed by atoms with E-state index in [0.29, 0.717) is 5.56 Å². The van der Waals surface area contributed by atoms with E-state index < -0.39 is 34.6 Å². The fourth-order valence-corrected chi connectivity index (χ4v) is 3.60. The predicted octanol–water partition coefficient (Wildman–Crippen LogP) is 1.63. The number of hydrogen-bond donors (Lipinski definition) is 1. The highest BCUT2D eigenvalue weighted by molar-refractivity contribution is 8.17. The molecule has 0 saturated heterocycles. The Morgan fingerprint density at radius 2 is 1.96 bits per heavy atom. The largest absolute Gasteiger partial charge is 0.343 e. The molecule has 0 spiro atoms. The topological polar surface area (TPSA) is 117 Å². The standard InChI is InChI=1S/C14H8FN5O4S/c15-7-3-1-6(2-4-7)10-9-11(17-13(22)16-10)19-5-8(20(23)24)25-14(19)18-12(9)21/h1-5,9-10H,(H,16,22). The van der Waals surface area contributed by atoms with Crippen LogP contribution in [-0.4, -0.2) is 32.8 Å². The summed E-state index contributed by atoms with van der Waals surface area (Å²) in [5.74, 6) is -1.92. The molecule has 1 aromatic rings. The zero-order valence-corrected chi connectivity index (χ0v) is 13.1. The van der Waals surface area contributed by atoms with Gasteiger partial charge in [0.05, 0.1) is 17.2 Å². The molecule has 0 aliphatic carbocycles. The minimum atomic E-state index is -0.949. The third-order valence-corrected chi connectivity index (χ3v) is 4.81. The van der Waals surface area contributed by atoms with Gasteiger partial charge in [-0.2, -0.15) is 9.98 Å². The minimum Gasteiger partial charge on any atom is -0.328 e. The smallest absolute Gasteiger partial charge is 0.328 e. The number of fused-ring (bicyclic) bond motifs is 3. The number of hydrogen-bond acceptors (Lipinski definition) is 6. The molecule has 3 aliphatic heterocycles. The lowest BCUT2D eigenvalue weighted by atomic mass is 9.89. The average molecular weight is 361 g/mol. The van der Waals surface area contributed by atoms with Crippen molar-refractivity contribution in [3.05, 3.63) is 57.0 Å². The second-order valence-corrected chi connectivity index (χ2v) is 6.34. The molecule has 25 heavy (non-hydrogen) atoms. The van der Waals surface area contributed by atoms with Crippen molar-refractivity contribution in [2.24, 2.45) is 15.9 Å². The van der Waals surface area contributed by atoms with Crippen LogP contribution in [-0.2, 0) is 4.79 Å². The first-order chi connectivity index (χ1) is 11.9.